The van der Waals surface area contributed by atoms with Crippen LogP contribution in [0.2, 0.25) is 0 Å². The van der Waals surface area contributed by atoms with Crippen LogP contribution in [0.4, 0.5) is 4.79 Å². The summed E-state index contributed by atoms with van der Waals surface area (Å²) in [6, 6.07) is 7.57. The molecule has 16 heavy (non-hydrogen) atoms. The van der Waals surface area contributed by atoms with Gasteiger partial charge in [0.25, 0.3) is 0 Å². The van der Waals surface area contributed by atoms with Crippen LogP contribution in [0, 0.1) is 0 Å². The van der Waals surface area contributed by atoms with Crippen molar-refractivity contribution in [2.45, 2.75) is 26.2 Å². The van der Waals surface area contributed by atoms with E-state index in [9.17, 15) is 4.79 Å². The van der Waals surface area contributed by atoms with Gasteiger partial charge in [-0.05, 0) is 11.5 Å². The zero-order valence-corrected chi connectivity index (χ0v) is 11.7. The lowest BCUT2D eigenvalue weighted by Gasteiger charge is -2.21. The molecular formula is C12H18BrNO2. The Balaban J connectivity index is 0.00000225. The van der Waals surface area contributed by atoms with Gasteiger partial charge in [-0.2, -0.15) is 0 Å². The third-order valence-corrected chi connectivity index (χ3v) is 2.10. The average molecular weight is 288 g/mol. The molecule has 0 saturated heterocycles. The number of rotatable bonds is 1. The van der Waals surface area contributed by atoms with E-state index in [0.717, 1.165) is 5.56 Å². The first kappa shape index (κ1) is 15.0. The quantitative estimate of drug-likeness (QED) is 0.861. The molecule has 0 aliphatic rings. The summed E-state index contributed by atoms with van der Waals surface area (Å²) in [6.45, 7) is 6.25. The number of carbonyl (C=O) groups is 1. The summed E-state index contributed by atoms with van der Waals surface area (Å²) in [6.07, 6.45) is -0.438. The van der Waals surface area contributed by atoms with Crippen LogP contribution >= 0.6 is 17.0 Å². The molecule has 1 aromatic rings. The van der Waals surface area contributed by atoms with E-state index in [2.05, 4.69) is 26.1 Å². The molecule has 3 nitrogen and oxygen atoms in total. The number of hydrogen-bond donors (Lipinski definition) is 1. The molecule has 0 fully saturated rings. The number of halogens is 1. The highest BCUT2D eigenvalue weighted by Gasteiger charge is 2.19. The van der Waals surface area contributed by atoms with Crippen LogP contribution in [-0.2, 0) is 5.41 Å². The van der Waals surface area contributed by atoms with Gasteiger partial charge in [0.2, 0.25) is 0 Å². The fourth-order valence-electron chi connectivity index (χ4n) is 1.33. The Morgan fingerprint density at radius 3 is 2.31 bits per heavy atom. The van der Waals surface area contributed by atoms with Gasteiger partial charge in [0.15, 0.2) is 0 Å². The van der Waals surface area contributed by atoms with E-state index < -0.39 is 6.09 Å². The lowest BCUT2D eigenvalue weighted by molar-refractivity contribution is 0.202. The predicted molar refractivity (Wildman–Crippen MR) is 70.5 cm³/mol. The standard InChI is InChI=1S/C12H17NO2.BrH/c1-12(2,3)9-7-5-6-8-10(9)15-11(14)13-4;/h5-8H,1-4H3,(H,13,14);1H. The number of amides is 1. The van der Waals surface area contributed by atoms with Crippen molar-refractivity contribution < 1.29 is 9.53 Å². The largest absolute Gasteiger partial charge is 0.412 e. The molecule has 0 aliphatic heterocycles. The molecular weight excluding hydrogens is 270 g/mol. The molecule has 0 bridgehead atoms. The number of carbonyl (C=O) groups excluding carboxylic acids is 1. The van der Waals surface area contributed by atoms with E-state index in [1.165, 1.54) is 0 Å². The van der Waals surface area contributed by atoms with Crippen LogP contribution in [0.15, 0.2) is 24.3 Å². The number of hydrogen-bond acceptors (Lipinski definition) is 2. The Kier molecular flexibility index (Phi) is 5.51. The van der Waals surface area contributed by atoms with Crippen LogP contribution in [0.5, 0.6) is 5.75 Å². The highest BCUT2D eigenvalue weighted by atomic mass is 79.9. The molecule has 0 heterocycles. The summed E-state index contributed by atoms with van der Waals surface area (Å²) in [4.78, 5) is 11.1. The van der Waals surface area contributed by atoms with E-state index in [0.29, 0.717) is 5.75 Å². The molecule has 1 N–H and O–H groups in total. The third kappa shape index (κ3) is 3.85. The maximum atomic E-state index is 11.1. The summed E-state index contributed by atoms with van der Waals surface area (Å²) in [5.74, 6) is 0.615. The highest BCUT2D eigenvalue weighted by Crippen LogP contribution is 2.30. The first-order valence-electron chi connectivity index (χ1n) is 4.94. The van der Waals surface area contributed by atoms with E-state index in [-0.39, 0.29) is 22.4 Å². The number of nitrogens with one attached hydrogen (secondary N) is 1. The fourth-order valence-corrected chi connectivity index (χ4v) is 1.33. The molecule has 0 aliphatic carbocycles. The van der Waals surface area contributed by atoms with Gasteiger partial charge in [0.1, 0.15) is 5.75 Å². The van der Waals surface area contributed by atoms with Gasteiger partial charge in [-0.25, -0.2) is 4.79 Å². The Hall–Kier alpha value is -1.03. The topological polar surface area (TPSA) is 38.3 Å². The van der Waals surface area contributed by atoms with Crippen LogP contribution in [0.25, 0.3) is 0 Å². The van der Waals surface area contributed by atoms with Crippen LogP contribution in [0.3, 0.4) is 0 Å². The normalized spacial score (nSPS) is 10.2. The molecule has 0 radical (unpaired) electrons. The van der Waals surface area contributed by atoms with Gasteiger partial charge < -0.3 is 10.1 Å². The maximum absolute atomic E-state index is 11.1. The average Bonchev–Trinajstić information content (AvgIpc) is 2.17. The monoisotopic (exact) mass is 287 g/mol. The minimum Gasteiger partial charge on any atom is -0.410 e. The number of ether oxygens (including phenoxy) is 1. The van der Waals surface area contributed by atoms with Crippen molar-refractivity contribution in [3.63, 3.8) is 0 Å². The van der Waals surface area contributed by atoms with Crippen LogP contribution < -0.4 is 10.1 Å². The molecule has 0 atom stereocenters. The van der Waals surface area contributed by atoms with E-state index in [1.807, 2.05) is 18.2 Å². The Morgan fingerprint density at radius 1 is 1.25 bits per heavy atom. The molecule has 4 heteroatoms. The first-order valence-corrected chi connectivity index (χ1v) is 4.94. The molecule has 1 aromatic carbocycles. The van der Waals surface area contributed by atoms with Crippen molar-refractivity contribution >= 4 is 23.1 Å². The van der Waals surface area contributed by atoms with E-state index in [4.69, 9.17) is 4.74 Å². The van der Waals surface area contributed by atoms with Gasteiger partial charge in [-0.3, -0.25) is 0 Å². The second-order valence-corrected chi connectivity index (χ2v) is 4.39. The van der Waals surface area contributed by atoms with Gasteiger partial charge in [0.05, 0.1) is 0 Å². The molecule has 0 unspecified atom stereocenters. The lowest BCUT2D eigenvalue weighted by Crippen LogP contribution is -2.24. The summed E-state index contributed by atoms with van der Waals surface area (Å²) < 4.78 is 5.17. The number of para-hydroxylation sites is 1. The van der Waals surface area contributed by atoms with Crippen molar-refractivity contribution in [3.8, 4) is 5.75 Å². The van der Waals surface area contributed by atoms with Crippen molar-refractivity contribution in [3.05, 3.63) is 29.8 Å². The minimum absolute atomic E-state index is 0. The zero-order chi connectivity index (χ0) is 11.5. The second-order valence-electron chi connectivity index (χ2n) is 4.39. The molecule has 90 valence electrons. The van der Waals surface area contributed by atoms with Crippen LogP contribution in [0.1, 0.15) is 26.3 Å². The smallest absolute Gasteiger partial charge is 0.410 e. The van der Waals surface area contributed by atoms with Crippen LogP contribution in [-0.4, -0.2) is 13.1 Å². The van der Waals surface area contributed by atoms with E-state index >= 15 is 0 Å². The Bertz CT molecular complexity index is 358. The predicted octanol–water partition coefficient (Wildman–Crippen LogP) is 3.28. The summed E-state index contributed by atoms with van der Waals surface area (Å²) in [5.41, 5.74) is 0.985. The van der Waals surface area contributed by atoms with Gasteiger partial charge >= 0.3 is 6.09 Å². The summed E-state index contributed by atoms with van der Waals surface area (Å²) >= 11 is 0. The molecule has 0 saturated carbocycles. The Morgan fingerprint density at radius 2 is 1.81 bits per heavy atom. The molecule has 1 rings (SSSR count). The minimum atomic E-state index is -0.438. The molecule has 0 aromatic heterocycles. The van der Waals surface area contributed by atoms with Crippen molar-refractivity contribution in [2.24, 2.45) is 0 Å². The van der Waals surface area contributed by atoms with Crippen molar-refractivity contribution in [1.82, 2.24) is 5.32 Å². The van der Waals surface area contributed by atoms with Crippen molar-refractivity contribution in [2.75, 3.05) is 7.05 Å². The van der Waals surface area contributed by atoms with Gasteiger partial charge in [0, 0.05) is 12.6 Å². The fraction of sp³-hybridized carbons (Fsp3) is 0.417. The lowest BCUT2D eigenvalue weighted by atomic mass is 9.86. The SMILES string of the molecule is Br.CNC(=O)Oc1ccccc1C(C)(C)C. The Labute approximate surface area is 107 Å². The van der Waals surface area contributed by atoms with Crippen molar-refractivity contribution in [1.29, 1.82) is 0 Å². The van der Waals surface area contributed by atoms with Gasteiger partial charge in [-0.1, -0.05) is 39.0 Å². The van der Waals surface area contributed by atoms with Gasteiger partial charge in [-0.15, -0.1) is 17.0 Å². The summed E-state index contributed by atoms with van der Waals surface area (Å²) in [7, 11) is 1.54. The first-order chi connectivity index (χ1) is 6.95. The second kappa shape index (κ2) is 5.89. The molecule has 1 amide bonds. The zero-order valence-electron chi connectivity index (χ0n) is 10.0. The van der Waals surface area contributed by atoms with E-state index in [1.54, 1.807) is 13.1 Å². The molecule has 0 spiro atoms. The third-order valence-electron chi connectivity index (χ3n) is 2.10. The maximum Gasteiger partial charge on any atom is 0.412 e. The highest BCUT2D eigenvalue weighted by molar-refractivity contribution is 8.93. The summed E-state index contributed by atoms with van der Waals surface area (Å²) in [5, 5.41) is 2.43. The number of benzene rings is 1.